The second-order valence-corrected chi connectivity index (χ2v) is 8.45. The van der Waals surface area contributed by atoms with Crippen molar-refractivity contribution in [1.29, 1.82) is 0 Å². The van der Waals surface area contributed by atoms with E-state index in [0.717, 1.165) is 23.1 Å². The molecular weight excluding hydrogens is 300 g/mol. The molecule has 120 valence electrons. The van der Waals surface area contributed by atoms with Crippen molar-refractivity contribution in [2.45, 2.75) is 26.3 Å². The minimum absolute atomic E-state index is 0.0139. The molecule has 0 aromatic heterocycles. The molecule has 22 heavy (non-hydrogen) atoms. The van der Waals surface area contributed by atoms with Crippen molar-refractivity contribution in [2.75, 3.05) is 25.9 Å². The molecule has 5 nitrogen and oxygen atoms in total. The second-order valence-electron chi connectivity index (χ2n) is 6.52. The quantitative estimate of drug-likeness (QED) is 0.827. The summed E-state index contributed by atoms with van der Waals surface area (Å²) in [5, 5.41) is 0. The van der Waals surface area contributed by atoms with Crippen LogP contribution in [0.5, 0.6) is 0 Å². The molecule has 2 heterocycles. The summed E-state index contributed by atoms with van der Waals surface area (Å²) in [5.74, 6) is 0.414. The molecule has 2 aliphatic rings. The summed E-state index contributed by atoms with van der Waals surface area (Å²) in [6.07, 6.45) is 2.13. The third-order valence-corrected chi connectivity index (χ3v) is 6.11. The molecule has 3 rings (SSSR count). The van der Waals surface area contributed by atoms with E-state index in [1.54, 1.807) is 4.90 Å². The summed E-state index contributed by atoms with van der Waals surface area (Å²) in [6, 6.07) is 5.83. The van der Waals surface area contributed by atoms with E-state index in [4.69, 9.17) is 0 Å². The van der Waals surface area contributed by atoms with Crippen LogP contribution in [0.4, 0.5) is 0 Å². The van der Waals surface area contributed by atoms with Gasteiger partial charge in [-0.25, -0.2) is 8.42 Å². The fraction of sp³-hybridized carbons (Fsp3) is 0.562. The van der Waals surface area contributed by atoms with Crippen LogP contribution in [0.3, 0.4) is 0 Å². The number of likely N-dealkylation sites (tertiary alicyclic amines) is 1. The number of aryl methyl sites for hydroxylation is 2. The van der Waals surface area contributed by atoms with E-state index in [1.807, 2.05) is 32.0 Å². The highest BCUT2D eigenvalue weighted by atomic mass is 32.2. The predicted molar refractivity (Wildman–Crippen MR) is 85.3 cm³/mol. The number of piperidine rings is 1. The first kappa shape index (κ1) is 15.5. The predicted octanol–water partition coefficient (Wildman–Crippen LogP) is 1.41. The molecular formula is C16H22N2O3S. The maximum atomic E-state index is 12.8. The Kier molecular flexibility index (Phi) is 3.77. The van der Waals surface area contributed by atoms with E-state index in [1.165, 1.54) is 10.6 Å². The monoisotopic (exact) mass is 322 g/mol. The highest BCUT2D eigenvalue weighted by Crippen LogP contribution is 2.34. The lowest BCUT2D eigenvalue weighted by Crippen LogP contribution is -2.65. The molecule has 2 atom stereocenters. The van der Waals surface area contributed by atoms with Crippen LogP contribution in [0.25, 0.3) is 0 Å². The van der Waals surface area contributed by atoms with Gasteiger partial charge in [-0.2, -0.15) is 4.31 Å². The lowest BCUT2D eigenvalue weighted by Gasteiger charge is -2.51. The molecule has 6 heteroatoms. The summed E-state index contributed by atoms with van der Waals surface area (Å²) in [6.45, 7) is 5.73. The van der Waals surface area contributed by atoms with E-state index in [2.05, 4.69) is 0 Å². The van der Waals surface area contributed by atoms with Gasteiger partial charge in [-0.15, -0.1) is 0 Å². The Bertz CT molecular complexity index is 714. The first-order valence-corrected chi connectivity index (χ1v) is 9.45. The first-order chi connectivity index (χ1) is 10.3. The van der Waals surface area contributed by atoms with E-state index in [9.17, 15) is 13.2 Å². The summed E-state index contributed by atoms with van der Waals surface area (Å²) in [5.41, 5.74) is 2.75. The third-order valence-electron chi connectivity index (χ3n) is 4.84. The van der Waals surface area contributed by atoms with Gasteiger partial charge in [-0.3, -0.25) is 4.79 Å². The number of sulfonamides is 1. The fourth-order valence-electron chi connectivity index (χ4n) is 3.45. The lowest BCUT2D eigenvalue weighted by molar-refractivity contribution is 0.0141. The normalized spacial score (nSPS) is 25.5. The standard InChI is InChI=1S/C16H22N2O3S/c1-11-4-5-12(2)14(8-11)16(19)17-7-6-13-9-18(15(13)10-17)22(3,20)21/h4-5,8,13,15H,6-7,9-10H2,1-3H3/t13-,15-/m1/s1. The summed E-state index contributed by atoms with van der Waals surface area (Å²) in [7, 11) is -3.17. The van der Waals surface area contributed by atoms with Crippen molar-refractivity contribution >= 4 is 15.9 Å². The highest BCUT2D eigenvalue weighted by Gasteiger charge is 2.47. The Morgan fingerprint density at radius 2 is 1.95 bits per heavy atom. The molecule has 1 aromatic rings. The fourth-order valence-corrected chi connectivity index (χ4v) is 4.64. The van der Waals surface area contributed by atoms with Crippen LogP contribution in [-0.4, -0.2) is 55.5 Å². The SMILES string of the molecule is Cc1ccc(C)c(C(=O)N2CC[C@@H]3CN(S(C)(=O)=O)[C@@H]3C2)c1. The van der Waals surface area contributed by atoms with Gasteiger partial charge in [0.05, 0.1) is 6.26 Å². The smallest absolute Gasteiger partial charge is 0.254 e. The van der Waals surface area contributed by atoms with Crippen molar-refractivity contribution in [2.24, 2.45) is 5.92 Å². The summed E-state index contributed by atoms with van der Waals surface area (Å²) >= 11 is 0. The molecule has 2 aliphatic heterocycles. The third kappa shape index (κ3) is 2.65. The van der Waals surface area contributed by atoms with Gasteiger partial charge in [-0.05, 0) is 37.8 Å². The van der Waals surface area contributed by atoms with E-state index in [0.29, 0.717) is 25.6 Å². The Balaban J connectivity index is 1.79. The minimum atomic E-state index is -3.17. The van der Waals surface area contributed by atoms with Crippen molar-refractivity contribution in [3.8, 4) is 0 Å². The van der Waals surface area contributed by atoms with Gasteiger partial charge in [-0.1, -0.05) is 17.7 Å². The molecule has 0 saturated carbocycles. The van der Waals surface area contributed by atoms with Crippen molar-refractivity contribution in [1.82, 2.24) is 9.21 Å². The Labute approximate surface area is 132 Å². The minimum Gasteiger partial charge on any atom is -0.337 e. The topological polar surface area (TPSA) is 57.7 Å². The molecule has 0 bridgehead atoms. The maximum absolute atomic E-state index is 12.8. The van der Waals surface area contributed by atoms with E-state index < -0.39 is 10.0 Å². The van der Waals surface area contributed by atoms with Gasteiger partial charge in [0.25, 0.3) is 5.91 Å². The summed E-state index contributed by atoms with van der Waals surface area (Å²) < 4.78 is 25.0. The van der Waals surface area contributed by atoms with Crippen LogP contribution in [0.1, 0.15) is 27.9 Å². The molecule has 1 aromatic carbocycles. The van der Waals surface area contributed by atoms with Crippen molar-refractivity contribution in [3.63, 3.8) is 0 Å². The number of carbonyl (C=O) groups excluding carboxylic acids is 1. The van der Waals surface area contributed by atoms with Gasteiger partial charge in [0.2, 0.25) is 10.0 Å². The van der Waals surface area contributed by atoms with Crippen LogP contribution in [-0.2, 0) is 10.0 Å². The zero-order chi connectivity index (χ0) is 16.1. The average Bonchev–Trinajstić information content (AvgIpc) is 2.40. The van der Waals surface area contributed by atoms with Crippen molar-refractivity contribution in [3.05, 3.63) is 34.9 Å². The van der Waals surface area contributed by atoms with E-state index >= 15 is 0 Å². The van der Waals surface area contributed by atoms with Crippen LogP contribution in [0, 0.1) is 19.8 Å². The Morgan fingerprint density at radius 3 is 2.64 bits per heavy atom. The number of fused-ring (bicyclic) bond motifs is 1. The molecule has 1 amide bonds. The largest absolute Gasteiger partial charge is 0.337 e. The molecule has 0 unspecified atom stereocenters. The molecule has 0 spiro atoms. The zero-order valence-corrected chi connectivity index (χ0v) is 14.1. The summed E-state index contributed by atoms with van der Waals surface area (Å²) in [4.78, 5) is 14.6. The first-order valence-electron chi connectivity index (χ1n) is 7.60. The number of carbonyl (C=O) groups is 1. The molecule has 0 radical (unpaired) electrons. The van der Waals surface area contributed by atoms with Crippen LogP contribution >= 0.6 is 0 Å². The van der Waals surface area contributed by atoms with Gasteiger partial charge in [0.15, 0.2) is 0 Å². The molecule has 2 fully saturated rings. The van der Waals surface area contributed by atoms with E-state index in [-0.39, 0.29) is 11.9 Å². The van der Waals surface area contributed by atoms with Gasteiger partial charge >= 0.3 is 0 Å². The number of hydrogen-bond acceptors (Lipinski definition) is 3. The van der Waals surface area contributed by atoms with Crippen LogP contribution < -0.4 is 0 Å². The lowest BCUT2D eigenvalue weighted by atomic mass is 9.84. The van der Waals surface area contributed by atoms with Crippen LogP contribution in [0.2, 0.25) is 0 Å². The van der Waals surface area contributed by atoms with Gasteiger partial charge in [0.1, 0.15) is 0 Å². The zero-order valence-electron chi connectivity index (χ0n) is 13.2. The number of hydrogen-bond donors (Lipinski definition) is 0. The maximum Gasteiger partial charge on any atom is 0.254 e. The number of rotatable bonds is 2. The molecule has 0 N–H and O–H groups in total. The number of amides is 1. The van der Waals surface area contributed by atoms with Gasteiger partial charge in [0, 0.05) is 31.2 Å². The highest BCUT2D eigenvalue weighted by molar-refractivity contribution is 7.88. The van der Waals surface area contributed by atoms with Crippen molar-refractivity contribution < 1.29 is 13.2 Å². The van der Waals surface area contributed by atoms with Crippen LogP contribution in [0.15, 0.2) is 18.2 Å². The second kappa shape index (κ2) is 5.35. The Morgan fingerprint density at radius 1 is 1.23 bits per heavy atom. The van der Waals surface area contributed by atoms with Gasteiger partial charge < -0.3 is 4.90 Å². The number of benzene rings is 1. The number of nitrogens with zero attached hydrogens (tertiary/aromatic N) is 2. The molecule has 2 saturated heterocycles. The molecule has 0 aliphatic carbocycles. The average molecular weight is 322 g/mol. The Hall–Kier alpha value is -1.40.